The van der Waals surface area contributed by atoms with Crippen LogP contribution < -0.4 is 9.47 Å². The van der Waals surface area contributed by atoms with E-state index in [2.05, 4.69) is 15.9 Å². The SMILES string of the molecule is COc1cc(C(O)C2(C)CCCO2)c(OC)cc1Br. The van der Waals surface area contributed by atoms with Gasteiger partial charge in [0.05, 0.1) is 24.3 Å². The molecule has 0 radical (unpaired) electrons. The van der Waals surface area contributed by atoms with Crippen LogP contribution in [0.25, 0.3) is 0 Å². The van der Waals surface area contributed by atoms with Crippen molar-refractivity contribution in [3.63, 3.8) is 0 Å². The van der Waals surface area contributed by atoms with Crippen molar-refractivity contribution < 1.29 is 19.3 Å². The van der Waals surface area contributed by atoms with E-state index in [4.69, 9.17) is 14.2 Å². The van der Waals surface area contributed by atoms with Crippen molar-refractivity contribution in [1.29, 1.82) is 0 Å². The van der Waals surface area contributed by atoms with Gasteiger partial charge in [-0.25, -0.2) is 0 Å². The van der Waals surface area contributed by atoms with Crippen LogP contribution in [0.15, 0.2) is 16.6 Å². The summed E-state index contributed by atoms with van der Waals surface area (Å²) in [5.74, 6) is 1.29. The highest BCUT2D eigenvalue weighted by Crippen LogP contribution is 2.43. The molecule has 1 aliphatic rings. The number of hydrogen-bond acceptors (Lipinski definition) is 4. The number of rotatable bonds is 4. The molecule has 0 saturated carbocycles. The minimum Gasteiger partial charge on any atom is -0.496 e. The molecule has 1 fully saturated rings. The first-order valence-corrected chi connectivity index (χ1v) is 7.04. The molecule has 2 rings (SSSR count). The van der Waals surface area contributed by atoms with Gasteiger partial charge in [-0.1, -0.05) is 0 Å². The van der Waals surface area contributed by atoms with Crippen molar-refractivity contribution in [2.75, 3.05) is 20.8 Å². The van der Waals surface area contributed by atoms with Gasteiger partial charge in [0.25, 0.3) is 0 Å². The largest absolute Gasteiger partial charge is 0.496 e. The van der Waals surface area contributed by atoms with Crippen molar-refractivity contribution in [3.05, 3.63) is 22.2 Å². The fraction of sp³-hybridized carbons (Fsp3) is 0.571. The first kappa shape index (κ1) is 14.6. The zero-order chi connectivity index (χ0) is 14.0. The van der Waals surface area contributed by atoms with Gasteiger partial charge < -0.3 is 19.3 Å². The average Bonchev–Trinajstić information content (AvgIpc) is 2.85. The summed E-state index contributed by atoms with van der Waals surface area (Å²) >= 11 is 3.41. The van der Waals surface area contributed by atoms with Crippen molar-refractivity contribution in [1.82, 2.24) is 0 Å². The van der Waals surface area contributed by atoms with Crippen LogP contribution in [-0.4, -0.2) is 31.5 Å². The molecule has 1 aromatic carbocycles. The number of benzene rings is 1. The fourth-order valence-electron chi connectivity index (χ4n) is 2.44. The highest BCUT2D eigenvalue weighted by molar-refractivity contribution is 9.10. The van der Waals surface area contributed by atoms with Gasteiger partial charge in [0.15, 0.2) is 0 Å². The van der Waals surface area contributed by atoms with E-state index in [9.17, 15) is 5.11 Å². The Morgan fingerprint density at radius 2 is 2.00 bits per heavy atom. The summed E-state index contributed by atoms with van der Waals surface area (Å²) in [5.41, 5.74) is 0.124. The molecule has 5 heteroatoms. The predicted octanol–water partition coefficient (Wildman–Crippen LogP) is 3.07. The smallest absolute Gasteiger partial charge is 0.133 e. The zero-order valence-corrected chi connectivity index (χ0v) is 13.0. The fourth-order valence-corrected chi connectivity index (χ4v) is 2.93. The number of aliphatic hydroxyl groups is 1. The lowest BCUT2D eigenvalue weighted by molar-refractivity contribution is -0.0803. The molecule has 1 saturated heterocycles. The van der Waals surface area contributed by atoms with Gasteiger partial charge in [-0.3, -0.25) is 0 Å². The van der Waals surface area contributed by atoms with Gasteiger partial charge in [0.2, 0.25) is 0 Å². The van der Waals surface area contributed by atoms with Gasteiger partial charge in [-0.05, 0) is 47.8 Å². The highest BCUT2D eigenvalue weighted by atomic mass is 79.9. The third-order valence-corrected chi connectivity index (χ3v) is 4.25. The Labute approximate surface area is 121 Å². The first-order chi connectivity index (χ1) is 9.01. The van der Waals surface area contributed by atoms with Crippen LogP contribution in [-0.2, 0) is 4.74 Å². The normalized spacial score (nSPS) is 24.3. The summed E-state index contributed by atoms with van der Waals surface area (Å²) in [7, 11) is 3.18. The second-order valence-electron chi connectivity index (χ2n) is 4.90. The Bertz CT molecular complexity index is 455. The molecule has 2 unspecified atom stereocenters. The van der Waals surface area contributed by atoms with Crippen LogP contribution in [0.3, 0.4) is 0 Å². The molecule has 0 bridgehead atoms. The minimum absolute atomic E-state index is 0.563. The molecule has 4 nitrogen and oxygen atoms in total. The highest BCUT2D eigenvalue weighted by Gasteiger charge is 2.39. The van der Waals surface area contributed by atoms with Crippen LogP contribution in [0.2, 0.25) is 0 Å². The Morgan fingerprint density at radius 1 is 1.32 bits per heavy atom. The summed E-state index contributed by atoms with van der Waals surface area (Å²) in [6.45, 7) is 2.61. The Hall–Kier alpha value is -0.780. The summed E-state index contributed by atoms with van der Waals surface area (Å²) in [5, 5.41) is 10.6. The van der Waals surface area contributed by atoms with E-state index in [0.29, 0.717) is 23.7 Å². The van der Waals surface area contributed by atoms with Crippen molar-refractivity contribution >= 4 is 15.9 Å². The van der Waals surface area contributed by atoms with Gasteiger partial charge in [0.1, 0.15) is 17.6 Å². The maximum atomic E-state index is 10.6. The van der Waals surface area contributed by atoms with Crippen molar-refractivity contribution in [2.45, 2.75) is 31.5 Å². The molecular weight excluding hydrogens is 312 g/mol. The summed E-state index contributed by atoms with van der Waals surface area (Å²) in [4.78, 5) is 0. The Morgan fingerprint density at radius 3 is 2.53 bits per heavy atom. The maximum absolute atomic E-state index is 10.6. The second kappa shape index (κ2) is 5.69. The number of hydrogen-bond donors (Lipinski definition) is 1. The quantitative estimate of drug-likeness (QED) is 0.921. The molecule has 0 aliphatic carbocycles. The van der Waals surface area contributed by atoms with Crippen LogP contribution in [0.4, 0.5) is 0 Å². The van der Waals surface area contributed by atoms with E-state index < -0.39 is 11.7 Å². The van der Waals surface area contributed by atoms with Gasteiger partial charge in [-0.2, -0.15) is 0 Å². The van der Waals surface area contributed by atoms with E-state index in [1.807, 2.05) is 6.92 Å². The number of methoxy groups -OCH3 is 2. The van der Waals surface area contributed by atoms with E-state index in [1.54, 1.807) is 26.4 Å². The van der Waals surface area contributed by atoms with Crippen LogP contribution in [0.1, 0.15) is 31.4 Å². The van der Waals surface area contributed by atoms with E-state index in [1.165, 1.54) is 0 Å². The van der Waals surface area contributed by atoms with E-state index in [0.717, 1.165) is 17.3 Å². The lowest BCUT2D eigenvalue weighted by Crippen LogP contribution is -2.32. The maximum Gasteiger partial charge on any atom is 0.133 e. The molecule has 19 heavy (non-hydrogen) atoms. The van der Waals surface area contributed by atoms with Gasteiger partial charge >= 0.3 is 0 Å². The predicted molar refractivity (Wildman–Crippen MR) is 75.8 cm³/mol. The lowest BCUT2D eigenvalue weighted by atomic mass is 9.89. The topological polar surface area (TPSA) is 47.9 Å². The molecule has 0 amide bonds. The van der Waals surface area contributed by atoms with E-state index >= 15 is 0 Å². The standard InChI is InChI=1S/C14H19BrO4/c1-14(5-4-6-19-14)13(16)9-7-12(18-3)10(15)8-11(9)17-2/h7-8,13,16H,4-6H2,1-3H3. The minimum atomic E-state index is -0.744. The third kappa shape index (κ3) is 2.73. The molecule has 0 spiro atoms. The molecule has 1 aliphatic heterocycles. The van der Waals surface area contributed by atoms with Gasteiger partial charge in [-0.15, -0.1) is 0 Å². The lowest BCUT2D eigenvalue weighted by Gasteiger charge is -2.30. The Kier molecular flexibility index (Phi) is 4.38. The number of halogens is 1. The van der Waals surface area contributed by atoms with Crippen molar-refractivity contribution in [3.8, 4) is 11.5 Å². The summed E-state index contributed by atoms with van der Waals surface area (Å²) < 4.78 is 17.1. The Balaban J connectivity index is 2.42. The number of ether oxygens (including phenoxy) is 3. The van der Waals surface area contributed by atoms with Crippen LogP contribution in [0.5, 0.6) is 11.5 Å². The third-order valence-electron chi connectivity index (χ3n) is 3.63. The summed E-state index contributed by atoms with van der Waals surface area (Å²) in [6.07, 6.45) is 1.05. The molecular formula is C14H19BrO4. The molecule has 106 valence electrons. The van der Waals surface area contributed by atoms with Gasteiger partial charge in [0, 0.05) is 12.2 Å². The molecule has 1 heterocycles. The van der Waals surface area contributed by atoms with Crippen LogP contribution in [0, 0.1) is 0 Å². The second-order valence-corrected chi connectivity index (χ2v) is 5.75. The van der Waals surface area contributed by atoms with Crippen LogP contribution >= 0.6 is 15.9 Å². The first-order valence-electron chi connectivity index (χ1n) is 6.25. The van der Waals surface area contributed by atoms with Crippen molar-refractivity contribution in [2.24, 2.45) is 0 Å². The summed E-state index contributed by atoms with van der Waals surface area (Å²) in [6, 6.07) is 3.59. The average molecular weight is 331 g/mol. The monoisotopic (exact) mass is 330 g/mol. The molecule has 1 N–H and O–H groups in total. The molecule has 1 aromatic rings. The number of aliphatic hydroxyl groups excluding tert-OH is 1. The molecule has 0 aromatic heterocycles. The molecule has 2 atom stereocenters. The zero-order valence-electron chi connectivity index (χ0n) is 11.4. The van der Waals surface area contributed by atoms with E-state index in [-0.39, 0.29) is 0 Å².